The standard InChI is InChI=1S/C17H24N2O4/c20-16(21)11-18-10-14-8-4-5-9-15(14)19-17(22)23-12-13-6-2-1-3-7-13/h1-3,6-7,14-15,18H,4-5,8-12H2,(H,19,22)(H,20,21)/t14-,15-/m0/s1. The maximum Gasteiger partial charge on any atom is 0.407 e. The molecule has 1 aromatic rings. The second-order valence-corrected chi connectivity index (χ2v) is 5.88. The van der Waals surface area contributed by atoms with E-state index >= 15 is 0 Å². The molecule has 0 radical (unpaired) electrons. The SMILES string of the molecule is O=C(O)CNC[C@@H]1CCCC[C@@H]1NC(=O)OCc1ccccc1. The molecule has 0 spiro atoms. The summed E-state index contributed by atoms with van der Waals surface area (Å²) < 4.78 is 5.26. The summed E-state index contributed by atoms with van der Waals surface area (Å²) in [5, 5.41) is 14.5. The molecule has 0 unspecified atom stereocenters. The van der Waals surface area contributed by atoms with Crippen LogP contribution in [0.3, 0.4) is 0 Å². The second-order valence-electron chi connectivity index (χ2n) is 5.88. The summed E-state index contributed by atoms with van der Waals surface area (Å²) in [7, 11) is 0. The molecule has 0 bridgehead atoms. The Balaban J connectivity index is 1.76. The third-order valence-corrected chi connectivity index (χ3v) is 4.11. The van der Waals surface area contributed by atoms with E-state index < -0.39 is 12.1 Å². The van der Waals surface area contributed by atoms with Gasteiger partial charge in [0.1, 0.15) is 6.61 Å². The number of aliphatic carboxylic acids is 1. The Hall–Kier alpha value is -2.08. The molecule has 1 fully saturated rings. The zero-order valence-electron chi connectivity index (χ0n) is 13.2. The van der Waals surface area contributed by atoms with Gasteiger partial charge < -0.3 is 20.5 Å². The molecule has 1 aliphatic carbocycles. The maximum absolute atomic E-state index is 12.0. The highest BCUT2D eigenvalue weighted by molar-refractivity contribution is 5.69. The Morgan fingerprint density at radius 2 is 1.91 bits per heavy atom. The zero-order chi connectivity index (χ0) is 16.5. The summed E-state index contributed by atoms with van der Waals surface area (Å²) in [5.74, 6) is -0.625. The third-order valence-electron chi connectivity index (χ3n) is 4.11. The molecular formula is C17H24N2O4. The van der Waals surface area contributed by atoms with Gasteiger partial charge in [-0.2, -0.15) is 0 Å². The van der Waals surface area contributed by atoms with Crippen LogP contribution >= 0.6 is 0 Å². The monoisotopic (exact) mass is 320 g/mol. The number of rotatable bonds is 7. The van der Waals surface area contributed by atoms with Gasteiger partial charge in [0.15, 0.2) is 0 Å². The van der Waals surface area contributed by atoms with Crippen LogP contribution in [0.25, 0.3) is 0 Å². The Kier molecular flexibility index (Phi) is 6.87. The molecule has 2 atom stereocenters. The lowest BCUT2D eigenvalue weighted by molar-refractivity contribution is -0.136. The summed E-state index contributed by atoms with van der Waals surface area (Å²) in [6.07, 6.45) is 3.65. The summed E-state index contributed by atoms with van der Waals surface area (Å²) >= 11 is 0. The first kappa shape index (κ1) is 17.3. The van der Waals surface area contributed by atoms with E-state index in [1.165, 1.54) is 0 Å². The van der Waals surface area contributed by atoms with Crippen LogP contribution in [0.5, 0.6) is 0 Å². The van der Waals surface area contributed by atoms with Crippen molar-refractivity contribution in [3.8, 4) is 0 Å². The average molecular weight is 320 g/mol. The van der Waals surface area contributed by atoms with E-state index in [1.807, 2.05) is 30.3 Å². The van der Waals surface area contributed by atoms with Gasteiger partial charge in [-0.1, -0.05) is 43.2 Å². The smallest absolute Gasteiger partial charge is 0.407 e. The topological polar surface area (TPSA) is 87.7 Å². The molecule has 6 heteroatoms. The molecule has 1 saturated carbocycles. The van der Waals surface area contributed by atoms with Gasteiger partial charge in [-0.15, -0.1) is 0 Å². The van der Waals surface area contributed by atoms with Gasteiger partial charge in [0.25, 0.3) is 0 Å². The van der Waals surface area contributed by atoms with E-state index in [4.69, 9.17) is 9.84 Å². The van der Waals surface area contributed by atoms with Gasteiger partial charge in [0.05, 0.1) is 6.54 Å². The van der Waals surface area contributed by atoms with E-state index in [9.17, 15) is 9.59 Å². The molecule has 23 heavy (non-hydrogen) atoms. The number of carboxylic acid groups (broad SMARTS) is 1. The van der Waals surface area contributed by atoms with Crippen LogP contribution in [-0.4, -0.2) is 36.3 Å². The predicted octanol–water partition coefficient (Wildman–Crippen LogP) is 2.15. The highest BCUT2D eigenvalue weighted by Crippen LogP contribution is 2.24. The van der Waals surface area contributed by atoms with Crippen molar-refractivity contribution in [2.75, 3.05) is 13.1 Å². The van der Waals surface area contributed by atoms with Gasteiger partial charge in [-0.3, -0.25) is 4.79 Å². The Bertz CT molecular complexity index is 507. The number of amides is 1. The maximum atomic E-state index is 12.0. The fraction of sp³-hybridized carbons (Fsp3) is 0.529. The third kappa shape index (κ3) is 6.28. The van der Waals surface area contributed by atoms with Crippen LogP contribution in [0.15, 0.2) is 30.3 Å². The van der Waals surface area contributed by atoms with E-state index in [0.717, 1.165) is 31.2 Å². The lowest BCUT2D eigenvalue weighted by Crippen LogP contribution is -2.46. The summed E-state index contributed by atoms with van der Waals surface area (Å²) in [5.41, 5.74) is 0.950. The first-order chi connectivity index (χ1) is 11.1. The van der Waals surface area contributed by atoms with E-state index in [1.54, 1.807) is 0 Å². The fourth-order valence-electron chi connectivity index (χ4n) is 2.92. The Morgan fingerprint density at radius 1 is 1.17 bits per heavy atom. The summed E-state index contributed by atoms with van der Waals surface area (Å²) in [6.45, 7) is 0.791. The highest BCUT2D eigenvalue weighted by atomic mass is 16.5. The minimum absolute atomic E-state index is 0.0355. The van der Waals surface area contributed by atoms with Crippen molar-refractivity contribution in [2.24, 2.45) is 5.92 Å². The average Bonchev–Trinajstić information content (AvgIpc) is 2.55. The van der Waals surface area contributed by atoms with Crippen molar-refractivity contribution in [3.05, 3.63) is 35.9 Å². The molecule has 3 N–H and O–H groups in total. The number of ether oxygens (including phenoxy) is 1. The number of benzene rings is 1. The number of carboxylic acids is 1. The molecule has 1 amide bonds. The van der Waals surface area contributed by atoms with Gasteiger partial charge >= 0.3 is 12.1 Å². The van der Waals surface area contributed by atoms with Crippen LogP contribution in [0.1, 0.15) is 31.2 Å². The number of alkyl carbamates (subject to hydrolysis) is 1. The molecule has 0 saturated heterocycles. The number of nitrogens with one attached hydrogen (secondary N) is 2. The number of hydrogen-bond donors (Lipinski definition) is 3. The molecular weight excluding hydrogens is 296 g/mol. The highest BCUT2D eigenvalue weighted by Gasteiger charge is 2.26. The molecule has 2 rings (SSSR count). The molecule has 1 aromatic carbocycles. The first-order valence-corrected chi connectivity index (χ1v) is 8.05. The number of hydrogen-bond acceptors (Lipinski definition) is 4. The van der Waals surface area contributed by atoms with Gasteiger partial charge in [0, 0.05) is 12.6 Å². The molecule has 0 aromatic heterocycles. The van der Waals surface area contributed by atoms with Crippen molar-refractivity contribution < 1.29 is 19.4 Å². The van der Waals surface area contributed by atoms with Crippen molar-refractivity contribution in [3.63, 3.8) is 0 Å². The van der Waals surface area contributed by atoms with Gasteiger partial charge in [-0.05, 0) is 24.3 Å². The van der Waals surface area contributed by atoms with E-state index in [2.05, 4.69) is 10.6 Å². The van der Waals surface area contributed by atoms with Crippen LogP contribution in [-0.2, 0) is 16.1 Å². The van der Waals surface area contributed by atoms with Crippen molar-refractivity contribution in [1.82, 2.24) is 10.6 Å². The lowest BCUT2D eigenvalue weighted by atomic mass is 9.84. The zero-order valence-corrected chi connectivity index (χ0v) is 13.2. The second kappa shape index (κ2) is 9.15. The quantitative estimate of drug-likeness (QED) is 0.716. The molecule has 6 nitrogen and oxygen atoms in total. The van der Waals surface area contributed by atoms with Crippen molar-refractivity contribution in [1.29, 1.82) is 0 Å². The van der Waals surface area contributed by atoms with Crippen LogP contribution in [0.4, 0.5) is 4.79 Å². The van der Waals surface area contributed by atoms with E-state index in [0.29, 0.717) is 6.54 Å². The van der Waals surface area contributed by atoms with Crippen LogP contribution in [0, 0.1) is 5.92 Å². The lowest BCUT2D eigenvalue weighted by Gasteiger charge is -2.32. The predicted molar refractivity (Wildman–Crippen MR) is 86.0 cm³/mol. The number of carbonyl (C=O) groups excluding carboxylic acids is 1. The van der Waals surface area contributed by atoms with E-state index in [-0.39, 0.29) is 25.1 Å². The molecule has 0 aliphatic heterocycles. The van der Waals surface area contributed by atoms with Crippen molar-refractivity contribution in [2.45, 2.75) is 38.3 Å². The fourth-order valence-corrected chi connectivity index (χ4v) is 2.92. The Labute approximate surface area is 136 Å². The molecule has 1 aliphatic rings. The summed E-state index contributed by atoms with van der Waals surface area (Å²) in [6, 6.07) is 9.58. The molecule has 0 heterocycles. The van der Waals surface area contributed by atoms with Crippen LogP contribution < -0.4 is 10.6 Å². The first-order valence-electron chi connectivity index (χ1n) is 8.05. The van der Waals surface area contributed by atoms with Gasteiger partial charge in [0.2, 0.25) is 0 Å². The minimum atomic E-state index is -0.868. The van der Waals surface area contributed by atoms with Crippen LogP contribution in [0.2, 0.25) is 0 Å². The number of carbonyl (C=O) groups is 2. The van der Waals surface area contributed by atoms with Crippen molar-refractivity contribution >= 4 is 12.1 Å². The minimum Gasteiger partial charge on any atom is -0.480 e. The largest absolute Gasteiger partial charge is 0.480 e. The summed E-state index contributed by atoms with van der Waals surface area (Å²) in [4.78, 5) is 22.5. The molecule has 126 valence electrons. The normalized spacial score (nSPS) is 20.7. The van der Waals surface area contributed by atoms with Gasteiger partial charge in [-0.25, -0.2) is 4.79 Å². The Morgan fingerprint density at radius 3 is 2.65 bits per heavy atom.